The standard InChI is InChI=1S/C16H30N4/c1-6-20-11-10-18-15(20)14(17-3)16(19(4)5)9-7-8-13(2)12-16/h10-11,13-14,17H,6-9,12H2,1-5H3. The molecule has 0 saturated heterocycles. The van der Waals surface area contributed by atoms with Crippen LogP contribution in [0.2, 0.25) is 0 Å². The zero-order valence-corrected chi connectivity index (χ0v) is 13.7. The Kier molecular flexibility index (Phi) is 4.86. The van der Waals surface area contributed by atoms with E-state index in [-0.39, 0.29) is 11.6 Å². The van der Waals surface area contributed by atoms with Crippen molar-refractivity contribution in [3.05, 3.63) is 18.2 Å². The van der Waals surface area contributed by atoms with Crippen molar-refractivity contribution in [2.24, 2.45) is 5.92 Å². The van der Waals surface area contributed by atoms with Crippen LogP contribution in [0, 0.1) is 5.92 Å². The number of likely N-dealkylation sites (N-methyl/N-ethyl adjacent to an activating group) is 2. The van der Waals surface area contributed by atoms with Crippen LogP contribution in [0.3, 0.4) is 0 Å². The molecule has 1 saturated carbocycles. The smallest absolute Gasteiger partial charge is 0.127 e. The van der Waals surface area contributed by atoms with Gasteiger partial charge < -0.3 is 14.8 Å². The minimum absolute atomic E-state index is 0.171. The molecule has 0 aromatic carbocycles. The summed E-state index contributed by atoms with van der Waals surface area (Å²) in [5.74, 6) is 1.96. The van der Waals surface area contributed by atoms with Crippen LogP contribution in [0.4, 0.5) is 0 Å². The van der Waals surface area contributed by atoms with E-state index in [1.54, 1.807) is 0 Å². The lowest BCUT2D eigenvalue weighted by Crippen LogP contribution is -2.56. The number of nitrogens with one attached hydrogen (secondary N) is 1. The molecule has 3 atom stereocenters. The molecular formula is C16H30N4. The predicted octanol–water partition coefficient (Wildman–Crippen LogP) is 2.67. The molecule has 0 bridgehead atoms. The van der Waals surface area contributed by atoms with Crippen LogP contribution in [-0.2, 0) is 6.54 Å². The third kappa shape index (κ3) is 2.63. The molecule has 0 spiro atoms. The molecule has 1 aliphatic carbocycles. The summed E-state index contributed by atoms with van der Waals surface area (Å²) in [5.41, 5.74) is 0.171. The lowest BCUT2D eigenvalue weighted by molar-refractivity contribution is 0.0352. The number of aryl methyl sites for hydroxylation is 1. The first-order valence-corrected chi connectivity index (χ1v) is 7.91. The molecule has 1 N–H and O–H groups in total. The molecule has 3 unspecified atom stereocenters. The summed E-state index contributed by atoms with van der Waals surface area (Å²) < 4.78 is 2.27. The molecule has 0 aliphatic heterocycles. The fourth-order valence-electron chi connectivity index (χ4n) is 3.98. The summed E-state index contributed by atoms with van der Waals surface area (Å²) in [6.45, 7) is 5.55. The van der Waals surface area contributed by atoms with Gasteiger partial charge in [0, 0.05) is 24.5 Å². The van der Waals surface area contributed by atoms with E-state index in [2.05, 4.69) is 61.0 Å². The van der Waals surface area contributed by atoms with E-state index in [9.17, 15) is 0 Å². The minimum Gasteiger partial charge on any atom is -0.334 e. The number of rotatable bonds is 5. The lowest BCUT2D eigenvalue weighted by atomic mass is 9.71. The number of hydrogen-bond acceptors (Lipinski definition) is 3. The van der Waals surface area contributed by atoms with Gasteiger partial charge in [-0.2, -0.15) is 0 Å². The van der Waals surface area contributed by atoms with Gasteiger partial charge in [-0.25, -0.2) is 4.98 Å². The average Bonchev–Trinajstić information content (AvgIpc) is 2.87. The molecule has 1 aromatic heterocycles. The molecule has 4 nitrogen and oxygen atoms in total. The first-order chi connectivity index (χ1) is 9.55. The second-order valence-electron chi connectivity index (χ2n) is 6.49. The summed E-state index contributed by atoms with van der Waals surface area (Å²) in [6.07, 6.45) is 9.17. The molecule has 0 radical (unpaired) electrons. The summed E-state index contributed by atoms with van der Waals surface area (Å²) >= 11 is 0. The lowest BCUT2D eigenvalue weighted by Gasteiger charge is -2.49. The van der Waals surface area contributed by atoms with Crippen LogP contribution >= 0.6 is 0 Å². The van der Waals surface area contributed by atoms with Gasteiger partial charge in [0.25, 0.3) is 0 Å². The first kappa shape index (κ1) is 15.5. The van der Waals surface area contributed by atoms with Crippen molar-refractivity contribution in [3.63, 3.8) is 0 Å². The van der Waals surface area contributed by atoms with Gasteiger partial charge in [-0.3, -0.25) is 0 Å². The Balaban J connectivity index is 2.40. The molecule has 114 valence electrons. The highest BCUT2D eigenvalue weighted by molar-refractivity contribution is 5.12. The van der Waals surface area contributed by atoms with Crippen LogP contribution < -0.4 is 5.32 Å². The van der Waals surface area contributed by atoms with Gasteiger partial charge in [0.2, 0.25) is 0 Å². The van der Waals surface area contributed by atoms with Crippen molar-refractivity contribution in [2.45, 2.75) is 57.7 Å². The monoisotopic (exact) mass is 278 g/mol. The van der Waals surface area contributed by atoms with Gasteiger partial charge >= 0.3 is 0 Å². The molecule has 1 aromatic rings. The molecular weight excluding hydrogens is 248 g/mol. The summed E-state index contributed by atoms with van der Waals surface area (Å²) in [5, 5.41) is 3.57. The zero-order chi connectivity index (χ0) is 14.8. The van der Waals surface area contributed by atoms with Crippen LogP contribution in [-0.4, -0.2) is 41.1 Å². The molecule has 0 amide bonds. The van der Waals surface area contributed by atoms with Gasteiger partial charge in [0.1, 0.15) is 5.82 Å². The first-order valence-electron chi connectivity index (χ1n) is 7.91. The summed E-state index contributed by atoms with van der Waals surface area (Å²) in [6, 6.07) is 0.287. The second-order valence-corrected chi connectivity index (χ2v) is 6.49. The topological polar surface area (TPSA) is 33.1 Å². The van der Waals surface area contributed by atoms with E-state index in [4.69, 9.17) is 0 Å². The predicted molar refractivity (Wildman–Crippen MR) is 83.8 cm³/mol. The van der Waals surface area contributed by atoms with Gasteiger partial charge in [-0.05, 0) is 46.8 Å². The number of nitrogens with zero attached hydrogens (tertiary/aromatic N) is 3. The molecule has 1 heterocycles. The van der Waals surface area contributed by atoms with Crippen molar-refractivity contribution in [2.75, 3.05) is 21.1 Å². The maximum absolute atomic E-state index is 4.66. The van der Waals surface area contributed by atoms with Crippen molar-refractivity contribution in [3.8, 4) is 0 Å². The zero-order valence-electron chi connectivity index (χ0n) is 13.7. The van der Waals surface area contributed by atoms with Gasteiger partial charge in [-0.1, -0.05) is 19.8 Å². The summed E-state index contributed by atoms with van der Waals surface area (Å²) in [4.78, 5) is 7.09. The van der Waals surface area contributed by atoms with E-state index in [1.165, 1.54) is 31.5 Å². The van der Waals surface area contributed by atoms with Gasteiger partial charge in [0.15, 0.2) is 0 Å². The minimum atomic E-state index is 0.171. The van der Waals surface area contributed by atoms with Crippen molar-refractivity contribution >= 4 is 0 Å². The van der Waals surface area contributed by atoms with E-state index in [0.717, 1.165) is 12.5 Å². The molecule has 1 aliphatic rings. The van der Waals surface area contributed by atoms with Gasteiger partial charge in [-0.15, -0.1) is 0 Å². The molecule has 2 rings (SSSR count). The quantitative estimate of drug-likeness (QED) is 0.899. The number of hydrogen-bond donors (Lipinski definition) is 1. The maximum Gasteiger partial charge on any atom is 0.127 e. The molecule has 1 fully saturated rings. The highest BCUT2D eigenvalue weighted by Gasteiger charge is 2.45. The Bertz CT molecular complexity index is 426. The maximum atomic E-state index is 4.66. The number of aromatic nitrogens is 2. The van der Waals surface area contributed by atoms with Gasteiger partial charge in [0.05, 0.1) is 6.04 Å². The van der Waals surface area contributed by atoms with Crippen LogP contribution in [0.15, 0.2) is 12.4 Å². The van der Waals surface area contributed by atoms with E-state index >= 15 is 0 Å². The van der Waals surface area contributed by atoms with Crippen molar-refractivity contribution in [1.82, 2.24) is 19.8 Å². The highest BCUT2D eigenvalue weighted by Crippen LogP contribution is 2.43. The Labute approximate surface area is 123 Å². The van der Waals surface area contributed by atoms with E-state index in [0.29, 0.717) is 0 Å². The van der Waals surface area contributed by atoms with E-state index in [1.807, 2.05) is 6.20 Å². The third-order valence-corrected chi connectivity index (χ3v) is 5.07. The third-order valence-electron chi connectivity index (χ3n) is 5.07. The van der Waals surface area contributed by atoms with Crippen LogP contribution in [0.5, 0.6) is 0 Å². The normalized spacial score (nSPS) is 28.8. The highest BCUT2D eigenvalue weighted by atomic mass is 15.2. The SMILES string of the molecule is CCn1ccnc1C(NC)C1(N(C)C)CCCC(C)C1. The van der Waals surface area contributed by atoms with Crippen molar-refractivity contribution in [1.29, 1.82) is 0 Å². The fraction of sp³-hybridized carbons (Fsp3) is 0.812. The Morgan fingerprint density at radius 1 is 1.55 bits per heavy atom. The Morgan fingerprint density at radius 3 is 2.85 bits per heavy atom. The second kappa shape index (κ2) is 6.27. The molecule has 20 heavy (non-hydrogen) atoms. The Morgan fingerprint density at radius 2 is 2.30 bits per heavy atom. The number of imidazole rings is 1. The van der Waals surface area contributed by atoms with Crippen LogP contribution in [0.25, 0.3) is 0 Å². The fourth-order valence-corrected chi connectivity index (χ4v) is 3.98. The average molecular weight is 278 g/mol. The van der Waals surface area contributed by atoms with E-state index < -0.39 is 0 Å². The Hall–Kier alpha value is -0.870. The molecule has 4 heteroatoms. The largest absolute Gasteiger partial charge is 0.334 e. The summed E-state index contributed by atoms with van der Waals surface area (Å²) in [7, 11) is 6.52. The van der Waals surface area contributed by atoms with Crippen molar-refractivity contribution < 1.29 is 0 Å². The van der Waals surface area contributed by atoms with Crippen LogP contribution in [0.1, 0.15) is 51.4 Å².